The van der Waals surface area contributed by atoms with Crippen molar-refractivity contribution in [2.45, 2.75) is 13.5 Å². The van der Waals surface area contributed by atoms with Crippen LogP contribution < -0.4 is 10.6 Å². The van der Waals surface area contributed by atoms with Crippen molar-refractivity contribution >= 4 is 17.5 Å². The van der Waals surface area contributed by atoms with Crippen molar-refractivity contribution in [3.05, 3.63) is 83.2 Å². The lowest BCUT2D eigenvalue weighted by Gasteiger charge is -2.03. The second kappa shape index (κ2) is 7.44. The van der Waals surface area contributed by atoms with Gasteiger partial charge in [-0.2, -0.15) is 0 Å². The van der Waals surface area contributed by atoms with Gasteiger partial charge in [0, 0.05) is 17.3 Å². The summed E-state index contributed by atoms with van der Waals surface area (Å²) in [7, 11) is 0. The van der Waals surface area contributed by atoms with Crippen molar-refractivity contribution in [3.8, 4) is 0 Å². The molecule has 0 aliphatic rings. The molecule has 6 heteroatoms. The fraction of sp³-hybridized carbons (Fsp3) is 0.105. The van der Waals surface area contributed by atoms with Crippen LogP contribution in [0.2, 0.25) is 0 Å². The Bertz CT molecular complexity index is 888. The summed E-state index contributed by atoms with van der Waals surface area (Å²) in [5.74, 6) is -0.180. The number of hydrogen-bond donors (Lipinski definition) is 2. The lowest BCUT2D eigenvalue weighted by Crippen LogP contribution is -2.22. The zero-order valence-corrected chi connectivity index (χ0v) is 13.7. The molecule has 3 rings (SSSR count). The van der Waals surface area contributed by atoms with Crippen molar-refractivity contribution in [3.63, 3.8) is 0 Å². The van der Waals surface area contributed by atoms with Gasteiger partial charge < -0.3 is 15.2 Å². The second-order valence-corrected chi connectivity index (χ2v) is 5.55. The number of aryl methyl sites for hydroxylation is 1. The number of rotatable bonds is 5. The Balaban J connectivity index is 1.58. The summed E-state index contributed by atoms with van der Waals surface area (Å²) in [6.45, 7) is 2.07. The first-order valence-electron chi connectivity index (χ1n) is 7.79. The highest BCUT2D eigenvalue weighted by molar-refractivity contribution is 6.02. The molecule has 0 spiro atoms. The molecule has 0 unspecified atom stereocenters. The van der Waals surface area contributed by atoms with Crippen LogP contribution in [0.5, 0.6) is 0 Å². The van der Waals surface area contributed by atoms with Gasteiger partial charge in [0.15, 0.2) is 11.5 Å². The number of amides is 2. The van der Waals surface area contributed by atoms with Crippen LogP contribution in [0.3, 0.4) is 0 Å². The van der Waals surface area contributed by atoms with Crippen LogP contribution in [-0.4, -0.2) is 17.0 Å². The maximum atomic E-state index is 12.1. The molecule has 1 heterocycles. The smallest absolute Gasteiger partial charge is 0.277 e. The van der Waals surface area contributed by atoms with Crippen LogP contribution in [0.15, 0.2) is 65.2 Å². The highest BCUT2D eigenvalue weighted by Crippen LogP contribution is 2.10. The average Bonchev–Trinajstić information content (AvgIpc) is 3.10. The molecule has 0 radical (unpaired) electrons. The zero-order chi connectivity index (χ0) is 17.6. The fourth-order valence-corrected chi connectivity index (χ4v) is 2.28. The van der Waals surface area contributed by atoms with Gasteiger partial charge in [0.1, 0.15) is 0 Å². The normalized spacial score (nSPS) is 10.3. The molecule has 0 atom stereocenters. The van der Waals surface area contributed by atoms with E-state index in [-0.39, 0.29) is 24.1 Å². The minimum absolute atomic E-state index is 0.151. The number of nitrogens with one attached hydrogen (secondary N) is 2. The third kappa shape index (κ3) is 4.32. The predicted molar refractivity (Wildman–Crippen MR) is 93.2 cm³/mol. The van der Waals surface area contributed by atoms with Crippen molar-refractivity contribution in [2.24, 2.45) is 0 Å². The summed E-state index contributed by atoms with van der Waals surface area (Å²) in [6.07, 6.45) is 0. The van der Waals surface area contributed by atoms with E-state index >= 15 is 0 Å². The van der Waals surface area contributed by atoms with Crippen LogP contribution in [0.25, 0.3) is 0 Å². The minimum Gasteiger partial charge on any atom is -0.359 e. The van der Waals surface area contributed by atoms with E-state index in [1.807, 2.05) is 37.3 Å². The molecule has 0 fully saturated rings. The monoisotopic (exact) mass is 335 g/mol. The van der Waals surface area contributed by atoms with Gasteiger partial charge in [-0.15, -0.1) is 0 Å². The summed E-state index contributed by atoms with van der Waals surface area (Å²) in [6, 6.07) is 17.9. The zero-order valence-electron chi connectivity index (χ0n) is 13.7. The Morgan fingerprint density at radius 1 is 1.00 bits per heavy atom. The van der Waals surface area contributed by atoms with E-state index in [0.29, 0.717) is 17.0 Å². The molecule has 126 valence electrons. The summed E-state index contributed by atoms with van der Waals surface area (Å²) in [5, 5.41) is 9.20. The van der Waals surface area contributed by atoms with Gasteiger partial charge in [-0.1, -0.05) is 41.1 Å². The Labute approximate surface area is 144 Å². The first-order chi connectivity index (χ1) is 12.1. The number of hydrogen-bond acceptors (Lipinski definition) is 4. The van der Waals surface area contributed by atoms with E-state index in [0.717, 1.165) is 5.56 Å². The number of aromatic nitrogens is 1. The number of benzene rings is 2. The van der Waals surface area contributed by atoms with Crippen LogP contribution in [-0.2, 0) is 6.54 Å². The standard InChI is InChI=1S/C19H17N3O3/c1-13-6-5-7-14(10-13)18(23)20-12-16-11-17(22-25-16)19(24)21-15-8-3-2-4-9-15/h2-11H,12H2,1H3,(H,20,23)(H,21,24). The molecule has 0 aliphatic heterocycles. The summed E-state index contributed by atoms with van der Waals surface area (Å²) in [4.78, 5) is 24.2. The molecule has 0 aliphatic carbocycles. The molecule has 1 aromatic heterocycles. The van der Waals surface area contributed by atoms with Gasteiger partial charge >= 0.3 is 0 Å². The molecule has 0 saturated heterocycles. The van der Waals surface area contributed by atoms with Gasteiger partial charge in [0.05, 0.1) is 6.54 Å². The molecular weight excluding hydrogens is 318 g/mol. The van der Waals surface area contributed by atoms with Crippen LogP contribution in [0, 0.1) is 6.92 Å². The summed E-state index contributed by atoms with van der Waals surface area (Å²) in [5.41, 5.74) is 2.40. The van der Waals surface area contributed by atoms with E-state index in [1.54, 1.807) is 24.3 Å². The lowest BCUT2D eigenvalue weighted by molar-refractivity contribution is 0.0945. The molecule has 0 saturated carbocycles. The highest BCUT2D eigenvalue weighted by Gasteiger charge is 2.14. The third-order valence-corrected chi connectivity index (χ3v) is 3.53. The lowest BCUT2D eigenvalue weighted by atomic mass is 10.1. The van der Waals surface area contributed by atoms with E-state index in [4.69, 9.17) is 4.52 Å². The summed E-state index contributed by atoms with van der Waals surface area (Å²) >= 11 is 0. The van der Waals surface area contributed by atoms with Crippen molar-refractivity contribution in [1.82, 2.24) is 10.5 Å². The Hall–Kier alpha value is -3.41. The van der Waals surface area contributed by atoms with Gasteiger partial charge in [-0.05, 0) is 31.2 Å². The maximum Gasteiger partial charge on any atom is 0.277 e. The first-order valence-corrected chi connectivity index (χ1v) is 7.79. The van der Waals surface area contributed by atoms with E-state index < -0.39 is 0 Å². The molecule has 25 heavy (non-hydrogen) atoms. The molecule has 3 aromatic rings. The third-order valence-electron chi connectivity index (χ3n) is 3.53. The minimum atomic E-state index is -0.369. The highest BCUT2D eigenvalue weighted by atomic mass is 16.5. The van der Waals surface area contributed by atoms with Gasteiger partial charge in [0.25, 0.3) is 11.8 Å². The fourth-order valence-electron chi connectivity index (χ4n) is 2.28. The number of nitrogens with zero attached hydrogens (tertiary/aromatic N) is 1. The topological polar surface area (TPSA) is 84.2 Å². The van der Waals surface area contributed by atoms with Crippen molar-refractivity contribution < 1.29 is 14.1 Å². The number of carbonyl (C=O) groups excluding carboxylic acids is 2. The van der Waals surface area contributed by atoms with E-state index in [2.05, 4.69) is 15.8 Å². The summed E-state index contributed by atoms with van der Waals surface area (Å²) < 4.78 is 5.11. The second-order valence-electron chi connectivity index (χ2n) is 5.55. The molecule has 0 bridgehead atoms. The SMILES string of the molecule is Cc1cccc(C(=O)NCc2cc(C(=O)Nc3ccccc3)no2)c1. The number of anilines is 1. The molecule has 2 aromatic carbocycles. The number of para-hydroxylation sites is 1. The predicted octanol–water partition coefficient (Wildman–Crippen LogP) is 3.17. The van der Waals surface area contributed by atoms with Gasteiger partial charge in [-0.25, -0.2) is 0 Å². The Kier molecular flexibility index (Phi) is 4.89. The van der Waals surface area contributed by atoms with E-state index in [1.165, 1.54) is 6.07 Å². The van der Waals surface area contributed by atoms with Gasteiger partial charge in [0.2, 0.25) is 0 Å². The average molecular weight is 335 g/mol. The van der Waals surface area contributed by atoms with Crippen LogP contribution >= 0.6 is 0 Å². The Morgan fingerprint density at radius 3 is 2.56 bits per heavy atom. The van der Waals surface area contributed by atoms with E-state index in [9.17, 15) is 9.59 Å². The van der Waals surface area contributed by atoms with Crippen molar-refractivity contribution in [1.29, 1.82) is 0 Å². The van der Waals surface area contributed by atoms with Gasteiger partial charge in [-0.3, -0.25) is 9.59 Å². The first kappa shape index (κ1) is 16.4. The maximum absolute atomic E-state index is 12.1. The number of carbonyl (C=O) groups is 2. The largest absolute Gasteiger partial charge is 0.359 e. The van der Waals surface area contributed by atoms with Crippen molar-refractivity contribution in [2.75, 3.05) is 5.32 Å². The molecule has 6 nitrogen and oxygen atoms in total. The van der Waals surface area contributed by atoms with Crippen LogP contribution in [0.1, 0.15) is 32.2 Å². The quantitative estimate of drug-likeness (QED) is 0.750. The molecule has 2 amide bonds. The molecular formula is C19H17N3O3. The molecule has 2 N–H and O–H groups in total. The van der Waals surface area contributed by atoms with Crippen LogP contribution in [0.4, 0.5) is 5.69 Å². The Morgan fingerprint density at radius 2 is 1.80 bits per heavy atom.